The summed E-state index contributed by atoms with van der Waals surface area (Å²) < 4.78 is 0. The molecule has 0 aliphatic carbocycles. The van der Waals surface area contributed by atoms with E-state index >= 15 is 0 Å². The zero-order chi connectivity index (χ0) is 13.3. The fraction of sp³-hybridized carbons (Fsp3) is 0.357. The van der Waals surface area contributed by atoms with E-state index in [1.165, 1.54) is 0 Å². The second-order valence-electron chi connectivity index (χ2n) is 5.34. The van der Waals surface area contributed by atoms with Crippen molar-refractivity contribution in [1.82, 2.24) is 15.0 Å². The van der Waals surface area contributed by atoms with Crippen molar-refractivity contribution in [1.29, 1.82) is 0 Å². The maximum Gasteiger partial charge on any atom is 0.136 e. The molecule has 2 aromatic rings. The minimum atomic E-state index is -0.129. The van der Waals surface area contributed by atoms with Crippen molar-refractivity contribution < 1.29 is 0 Å². The van der Waals surface area contributed by atoms with Gasteiger partial charge in [-0.25, -0.2) is 9.97 Å². The first kappa shape index (κ1) is 13.0. The predicted octanol–water partition coefficient (Wildman–Crippen LogP) is 3.80. The van der Waals surface area contributed by atoms with E-state index in [1.807, 2.05) is 13.0 Å². The van der Waals surface area contributed by atoms with E-state index in [-0.39, 0.29) is 5.41 Å². The predicted molar refractivity (Wildman–Crippen MR) is 73.7 cm³/mol. The first-order chi connectivity index (χ1) is 8.38. The normalized spacial score (nSPS) is 11.6. The highest BCUT2D eigenvalue weighted by Crippen LogP contribution is 2.26. The van der Waals surface area contributed by atoms with E-state index < -0.39 is 0 Å². The van der Waals surface area contributed by atoms with Crippen molar-refractivity contribution in [3.8, 4) is 11.3 Å². The lowest BCUT2D eigenvalue weighted by atomic mass is 9.95. The Morgan fingerprint density at radius 3 is 2.50 bits per heavy atom. The third-order valence-electron chi connectivity index (χ3n) is 2.68. The van der Waals surface area contributed by atoms with Gasteiger partial charge in [0.1, 0.15) is 11.0 Å². The Hall–Kier alpha value is -1.48. The maximum absolute atomic E-state index is 6.09. The molecule has 0 aliphatic heterocycles. The van der Waals surface area contributed by atoms with E-state index in [0.717, 1.165) is 22.6 Å². The lowest BCUT2D eigenvalue weighted by Crippen LogP contribution is -2.16. The Bertz CT molecular complexity index is 573. The molecule has 0 atom stereocenters. The zero-order valence-electron chi connectivity index (χ0n) is 11.0. The Kier molecular flexibility index (Phi) is 3.35. The molecule has 2 rings (SSSR count). The fourth-order valence-electron chi connectivity index (χ4n) is 1.62. The second kappa shape index (κ2) is 4.65. The molecule has 0 N–H and O–H groups in total. The van der Waals surface area contributed by atoms with E-state index in [9.17, 15) is 0 Å². The van der Waals surface area contributed by atoms with E-state index in [1.54, 1.807) is 18.5 Å². The first-order valence-corrected chi connectivity index (χ1v) is 6.22. The van der Waals surface area contributed by atoms with E-state index in [4.69, 9.17) is 11.6 Å². The molecule has 0 amide bonds. The smallest absolute Gasteiger partial charge is 0.136 e. The van der Waals surface area contributed by atoms with Crippen molar-refractivity contribution in [2.45, 2.75) is 33.1 Å². The standard InChI is InChI=1S/C14H16ClN3/c1-9-5-6-16-8-10(9)11-7-12(15)18-13(17-11)14(2,3)4/h5-8H,1-4H3. The summed E-state index contributed by atoms with van der Waals surface area (Å²) in [4.78, 5) is 13.0. The van der Waals surface area contributed by atoms with Crippen LogP contribution in [0.2, 0.25) is 5.15 Å². The molecule has 4 heteroatoms. The molecule has 94 valence electrons. The van der Waals surface area contributed by atoms with Crippen molar-refractivity contribution >= 4 is 11.6 Å². The monoisotopic (exact) mass is 261 g/mol. The third-order valence-corrected chi connectivity index (χ3v) is 2.87. The Morgan fingerprint density at radius 1 is 1.17 bits per heavy atom. The highest BCUT2D eigenvalue weighted by Gasteiger charge is 2.19. The minimum absolute atomic E-state index is 0.129. The summed E-state index contributed by atoms with van der Waals surface area (Å²) in [5.74, 6) is 0.744. The largest absolute Gasteiger partial charge is 0.264 e. The average molecular weight is 262 g/mol. The van der Waals surface area contributed by atoms with Crippen LogP contribution in [0.15, 0.2) is 24.5 Å². The number of pyridine rings is 1. The van der Waals surface area contributed by atoms with Gasteiger partial charge in [-0.05, 0) is 18.6 Å². The molecule has 2 aromatic heterocycles. The zero-order valence-corrected chi connectivity index (χ0v) is 11.8. The minimum Gasteiger partial charge on any atom is -0.264 e. The van der Waals surface area contributed by atoms with Crippen LogP contribution in [0.1, 0.15) is 32.2 Å². The molecule has 0 saturated carbocycles. The van der Waals surface area contributed by atoms with Crippen LogP contribution in [-0.2, 0) is 5.41 Å². The summed E-state index contributed by atoms with van der Waals surface area (Å²) in [5.41, 5.74) is 2.81. The quantitative estimate of drug-likeness (QED) is 0.733. The van der Waals surface area contributed by atoms with Gasteiger partial charge in [-0.3, -0.25) is 4.98 Å². The lowest BCUT2D eigenvalue weighted by molar-refractivity contribution is 0.546. The Labute approximate surface area is 112 Å². The average Bonchev–Trinajstić information content (AvgIpc) is 2.27. The van der Waals surface area contributed by atoms with Crippen LogP contribution in [0.25, 0.3) is 11.3 Å². The second-order valence-corrected chi connectivity index (χ2v) is 5.73. The molecule has 0 spiro atoms. The lowest BCUT2D eigenvalue weighted by Gasteiger charge is -2.17. The number of aryl methyl sites for hydroxylation is 1. The molecule has 2 heterocycles. The van der Waals surface area contributed by atoms with Crippen LogP contribution in [0.4, 0.5) is 0 Å². The molecule has 3 nitrogen and oxygen atoms in total. The van der Waals surface area contributed by atoms with Crippen LogP contribution in [-0.4, -0.2) is 15.0 Å². The van der Waals surface area contributed by atoms with Gasteiger partial charge in [0.15, 0.2) is 0 Å². The van der Waals surface area contributed by atoms with Gasteiger partial charge in [-0.15, -0.1) is 0 Å². The molecule has 0 aromatic carbocycles. The first-order valence-electron chi connectivity index (χ1n) is 5.84. The van der Waals surface area contributed by atoms with Gasteiger partial charge in [-0.2, -0.15) is 0 Å². The van der Waals surface area contributed by atoms with Crippen LogP contribution in [0, 0.1) is 6.92 Å². The summed E-state index contributed by atoms with van der Waals surface area (Å²) in [6, 6.07) is 3.74. The maximum atomic E-state index is 6.09. The number of hydrogen-bond acceptors (Lipinski definition) is 3. The van der Waals surface area contributed by atoms with Gasteiger partial charge in [0.05, 0.1) is 5.69 Å². The van der Waals surface area contributed by atoms with Crippen molar-refractivity contribution in [3.63, 3.8) is 0 Å². The molecule has 0 aliphatic rings. The van der Waals surface area contributed by atoms with Gasteiger partial charge >= 0.3 is 0 Å². The van der Waals surface area contributed by atoms with Gasteiger partial charge in [0, 0.05) is 29.4 Å². The summed E-state index contributed by atoms with van der Waals surface area (Å²) in [6.07, 6.45) is 3.58. The van der Waals surface area contributed by atoms with Gasteiger partial charge < -0.3 is 0 Å². The van der Waals surface area contributed by atoms with E-state index in [2.05, 4.69) is 35.7 Å². The third kappa shape index (κ3) is 2.67. The molecular formula is C14H16ClN3. The van der Waals surface area contributed by atoms with Gasteiger partial charge in [0.25, 0.3) is 0 Å². The van der Waals surface area contributed by atoms with Crippen LogP contribution in [0.5, 0.6) is 0 Å². The van der Waals surface area contributed by atoms with Crippen molar-refractivity contribution in [2.75, 3.05) is 0 Å². The summed E-state index contributed by atoms with van der Waals surface area (Å²) in [6.45, 7) is 8.24. The summed E-state index contributed by atoms with van der Waals surface area (Å²) >= 11 is 6.09. The molecule has 0 unspecified atom stereocenters. The SMILES string of the molecule is Cc1ccncc1-c1cc(Cl)nc(C(C)(C)C)n1. The Morgan fingerprint density at radius 2 is 1.89 bits per heavy atom. The van der Waals surface area contributed by atoms with Crippen molar-refractivity contribution in [2.24, 2.45) is 0 Å². The molecule has 0 fully saturated rings. The highest BCUT2D eigenvalue weighted by atomic mass is 35.5. The van der Waals surface area contributed by atoms with Crippen molar-refractivity contribution in [3.05, 3.63) is 41.1 Å². The summed E-state index contributed by atoms with van der Waals surface area (Å²) in [5, 5.41) is 0.466. The van der Waals surface area contributed by atoms with Crippen LogP contribution < -0.4 is 0 Å². The molecule has 0 saturated heterocycles. The number of hydrogen-bond donors (Lipinski definition) is 0. The fourth-order valence-corrected chi connectivity index (χ4v) is 1.81. The van der Waals surface area contributed by atoms with Crippen LogP contribution in [0.3, 0.4) is 0 Å². The number of halogens is 1. The molecule has 0 radical (unpaired) electrons. The highest BCUT2D eigenvalue weighted by molar-refractivity contribution is 6.29. The van der Waals surface area contributed by atoms with Gasteiger partial charge in [-0.1, -0.05) is 32.4 Å². The topological polar surface area (TPSA) is 38.7 Å². The van der Waals surface area contributed by atoms with E-state index in [0.29, 0.717) is 5.15 Å². The molecular weight excluding hydrogens is 246 g/mol. The number of aromatic nitrogens is 3. The Balaban J connectivity index is 2.60. The summed E-state index contributed by atoms with van der Waals surface area (Å²) in [7, 11) is 0. The number of rotatable bonds is 1. The molecule has 18 heavy (non-hydrogen) atoms. The molecule has 0 bridgehead atoms. The number of nitrogens with zero attached hydrogens (tertiary/aromatic N) is 3. The van der Waals surface area contributed by atoms with Gasteiger partial charge in [0.2, 0.25) is 0 Å². The van der Waals surface area contributed by atoms with Crippen LogP contribution >= 0.6 is 11.6 Å².